The zero-order chi connectivity index (χ0) is 4.71. The van der Waals surface area contributed by atoms with Gasteiger partial charge in [-0.25, -0.2) is 0 Å². The molecule has 0 unspecified atom stereocenters. The van der Waals surface area contributed by atoms with Crippen LogP contribution >= 0.6 is 0 Å². The molecule has 0 saturated carbocycles. The molecular formula is MnO3Ti. The van der Waals surface area contributed by atoms with Gasteiger partial charge in [0.05, 0.1) is 0 Å². The molecule has 0 N–H and O–H groups in total. The Balaban J connectivity index is 0. The Labute approximate surface area is 46.4 Å². The summed E-state index contributed by atoms with van der Waals surface area (Å²) in [5, 5.41) is 0. The second-order valence-corrected chi connectivity index (χ2v) is 0.260. The molecule has 0 aliphatic rings. The van der Waals surface area contributed by atoms with Crippen molar-refractivity contribution in [2.45, 2.75) is 0 Å². The van der Waals surface area contributed by atoms with E-state index in [9.17, 15) is 0 Å². The van der Waals surface area contributed by atoms with E-state index in [-0.39, 0.29) is 0 Å². The first kappa shape index (κ1) is 9.16. The van der Waals surface area contributed by atoms with E-state index in [2.05, 4.69) is 0 Å². The van der Waals surface area contributed by atoms with Crippen molar-refractivity contribution in [3.05, 3.63) is 0 Å². The van der Waals surface area contributed by atoms with Crippen LogP contribution in [0.1, 0.15) is 0 Å². The first-order chi connectivity index (χ1) is 2.41. The molecule has 0 saturated heterocycles. The summed E-state index contributed by atoms with van der Waals surface area (Å²) in [4.78, 5) is 0. The molecule has 0 atom stereocenters. The van der Waals surface area contributed by atoms with Gasteiger partial charge in [-0.1, -0.05) is 0 Å². The summed E-state index contributed by atoms with van der Waals surface area (Å²) in [5.41, 5.74) is 0. The Kier molecular flexibility index (Phi) is 42.0. The van der Waals surface area contributed by atoms with Crippen LogP contribution in [-0.2, 0) is 46.2 Å². The molecule has 29 valence electrons. The van der Waals surface area contributed by atoms with Gasteiger partial charge < -0.3 is 0 Å². The van der Waals surface area contributed by atoms with Gasteiger partial charge in [-0.2, -0.15) is 0 Å². The summed E-state index contributed by atoms with van der Waals surface area (Å²) < 4.78 is 25.1. The summed E-state index contributed by atoms with van der Waals surface area (Å²) >= 11 is -0.688. The van der Waals surface area contributed by atoms with E-state index < -0.39 is 14.8 Å². The van der Waals surface area contributed by atoms with Crippen molar-refractivity contribution in [1.82, 2.24) is 0 Å². The number of rotatable bonds is 0. The van der Waals surface area contributed by atoms with Gasteiger partial charge >= 0.3 is 46.2 Å². The van der Waals surface area contributed by atoms with Crippen molar-refractivity contribution >= 4 is 0 Å². The Hall–Kier alpha value is 0.634. The molecule has 0 heterocycles. The van der Waals surface area contributed by atoms with Gasteiger partial charge in [-0.15, -0.1) is 0 Å². The third-order valence-corrected chi connectivity index (χ3v) is 0. The Morgan fingerprint density at radius 3 is 1.20 bits per heavy atom. The van der Waals surface area contributed by atoms with Crippen LogP contribution in [0.5, 0.6) is 0 Å². The van der Waals surface area contributed by atoms with Crippen LogP contribution in [0, 0.1) is 0 Å². The fourth-order valence-electron chi connectivity index (χ4n) is 0. The standard InChI is InChI=1S/Mn.3O.Ti. The molecule has 0 bridgehead atoms. The van der Waals surface area contributed by atoms with Gasteiger partial charge in [0.15, 0.2) is 0 Å². The van der Waals surface area contributed by atoms with Gasteiger partial charge in [0, 0.05) is 0 Å². The maximum atomic E-state index is 8.41. The van der Waals surface area contributed by atoms with E-state index in [4.69, 9.17) is 11.0 Å². The predicted molar refractivity (Wildman–Crippen MR) is 2.06 cm³/mol. The topological polar surface area (TPSA) is 51.2 Å². The molecule has 5 heteroatoms. The SMILES string of the molecule is [O]=[Mn]=[O].[O]=[Ti]. The van der Waals surface area contributed by atoms with Crippen molar-refractivity contribution in [1.29, 1.82) is 0 Å². The molecule has 0 aromatic heterocycles. The third-order valence-electron chi connectivity index (χ3n) is 0. The van der Waals surface area contributed by atoms with Crippen molar-refractivity contribution in [2.75, 3.05) is 0 Å². The van der Waals surface area contributed by atoms with E-state index in [0.717, 1.165) is 20.4 Å². The molecular weight excluding hydrogens is 151 g/mol. The van der Waals surface area contributed by atoms with Gasteiger partial charge in [0.1, 0.15) is 0 Å². The molecule has 3 nitrogen and oxygen atoms in total. The third kappa shape index (κ3) is 80.0. The molecule has 0 aromatic rings. The first-order valence-corrected chi connectivity index (χ1v) is 2.11. The minimum atomic E-state index is -1.44. The van der Waals surface area contributed by atoms with Gasteiger partial charge in [-0.3, -0.25) is 0 Å². The van der Waals surface area contributed by atoms with Crippen LogP contribution in [0.25, 0.3) is 0 Å². The monoisotopic (exact) mass is 151 g/mol. The van der Waals surface area contributed by atoms with Gasteiger partial charge in [0.2, 0.25) is 0 Å². The summed E-state index contributed by atoms with van der Waals surface area (Å²) in [6.45, 7) is 0. The average Bonchev–Trinajstić information content (AvgIpc) is 1.46. The first-order valence-electron chi connectivity index (χ1n) is 0.513. The second kappa shape index (κ2) is 22.9. The quantitative estimate of drug-likeness (QED) is 0.444. The van der Waals surface area contributed by atoms with Crippen molar-refractivity contribution in [2.24, 2.45) is 0 Å². The molecule has 0 rings (SSSR count). The van der Waals surface area contributed by atoms with Crippen molar-refractivity contribution < 1.29 is 46.2 Å². The predicted octanol–water partition coefficient (Wildman–Crippen LogP) is -0.361. The minimum absolute atomic E-state index is 0.750. The Morgan fingerprint density at radius 1 is 1.20 bits per heavy atom. The van der Waals surface area contributed by atoms with E-state index in [1.165, 1.54) is 0 Å². The van der Waals surface area contributed by atoms with Crippen LogP contribution < -0.4 is 0 Å². The normalized spacial score (nSPS) is 3.00. The van der Waals surface area contributed by atoms with Crippen LogP contribution in [0.3, 0.4) is 0 Å². The zero-order valence-corrected chi connectivity index (χ0v) is 4.84. The second-order valence-electron chi connectivity index (χ2n) is 0.0630. The Bertz CT molecular complexity index is 36.2. The molecule has 0 aliphatic heterocycles. The van der Waals surface area contributed by atoms with Crippen molar-refractivity contribution in [3.63, 3.8) is 0 Å². The Morgan fingerprint density at radius 2 is 1.20 bits per heavy atom. The molecule has 0 fully saturated rings. The van der Waals surface area contributed by atoms with Gasteiger partial charge in [-0.05, 0) is 0 Å². The zero-order valence-electron chi connectivity index (χ0n) is 2.10. The summed E-state index contributed by atoms with van der Waals surface area (Å²) in [7, 11) is 0. The van der Waals surface area contributed by atoms with E-state index >= 15 is 0 Å². The fourth-order valence-corrected chi connectivity index (χ4v) is 0. The van der Waals surface area contributed by atoms with E-state index in [1.807, 2.05) is 0 Å². The van der Waals surface area contributed by atoms with Crippen LogP contribution in [0.4, 0.5) is 0 Å². The number of hydrogen-bond donors (Lipinski definition) is 0. The molecule has 0 amide bonds. The summed E-state index contributed by atoms with van der Waals surface area (Å²) in [6.07, 6.45) is 0. The van der Waals surface area contributed by atoms with Crippen LogP contribution in [0.2, 0.25) is 0 Å². The van der Waals surface area contributed by atoms with Crippen molar-refractivity contribution in [3.8, 4) is 0 Å². The molecule has 0 radical (unpaired) electrons. The maximum absolute atomic E-state index is 8.41. The summed E-state index contributed by atoms with van der Waals surface area (Å²) in [5.74, 6) is 0. The van der Waals surface area contributed by atoms with E-state index in [1.54, 1.807) is 0 Å². The molecule has 5 heavy (non-hydrogen) atoms. The summed E-state index contributed by atoms with van der Waals surface area (Å²) in [6, 6.07) is 0. The van der Waals surface area contributed by atoms with E-state index in [0.29, 0.717) is 0 Å². The molecule has 0 spiro atoms. The van der Waals surface area contributed by atoms with Gasteiger partial charge in [0.25, 0.3) is 0 Å². The average molecular weight is 151 g/mol. The number of hydrogen-bond acceptors (Lipinski definition) is 3. The molecule has 0 aliphatic carbocycles. The van der Waals surface area contributed by atoms with Crippen LogP contribution in [-0.4, -0.2) is 0 Å². The van der Waals surface area contributed by atoms with Crippen LogP contribution in [0.15, 0.2) is 0 Å². The molecule has 0 aromatic carbocycles. The fraction of sp³-hybridized carbons (Fsp3) is 0.